The lowest BCUT2D eigenvalue weighted by molar-refractivity contribution is 0.682. The van der Waals surface area contributed by atoms with Gasteiger partial charge in [0.2, 0.25) is 0 Å². The number of imidazole rings is 1. The Bertz CT molecular complexity index is 613. The van der Waals surface area contributed by atoms with Gasteiger partial charge < -0.3 is 9.88 Å². The second-order valence-electron chi connectivity index (χ2n) is 5.37. The lowest BCUT2D eigenvalue weighted by Gasteiger charge is -2.13. The fourth-order valence-electron chi connectivity index (χ4n) is 2.47. The van der Waals surface area contributed by atoms with Crippen molar-refractivity contribution in [2.75, 3.05) is 12.4 Å². The Hall–Kier alpha value is -1.91. The molecule has 1 fully saturated rings. The van der Waals surface area contributed by atoms with Crippen LogP contribution in [0.2, 0.25) is 0 Å². The fraction of sp³-hybridized carbons (Fsp3) is 0.533. The summed E-state index contributed by atoms with van der Waals surface area (Å²) in [5, 5.41) is 3.18. The molecular formula is C15H21N5. The van der Waals surface area contributed by atoms with Crippen molar-refractivity contribution in [2.45, 2.75) is 45.6 Å². The summed E-state index contributed by atoms with van der Waals surface area (Å²) >= 11 is 0. The Morgan fingerprint density at radius 1 is 1.35 bits per heavy atom. The molecule has 1 aliphatic carbocycles. The van der Waals surface area contributed by atoms with Crippen molar-refractivity contribution in [2.24, 2.45) is 0 Å². The van der Waals surface area contributed by atoms with E-state index in [0.29, 0.717) is 5.92 Å². The molecule has 0 atom stereocenters. The Morgan fingerprint density at radius 2 is 2.15 bits per heavy atom. The molecule has 0 radical (unpaired) electrons. The molecule has 0 unspecified atom stereocenters. The first-order valence-electron chi connectivity index (χ1n) is 7.32. The second-order valence-corrected chi connectivity index (χ2v) is 5.37. The lowest BCUT2D eigenvalue weighted by atomic mass is 10.2. The molecule has 1 saturated carbocycles. The number of nitrogens with one attached hydrogen (secondary N) is 1. The Morgan fingerprint density at radius 3 is 2.80 bits per heavy atom. The van der Waals surface area contributed by atoms with Gasteiger partial charge in [-0.25, -0.2) is 15.0 Å². The molecule has 3 rings (SSSR count). The van der Waals surface area contributed by atoms with Crippen molar-refractivity contribution in [1.82, 2.24) is 19.5 Å². The zero-order valence-corrected chi connectivity index (χ0v) is 12.3. The van der Waals surface area contributed by atoms with Gasteiger partial charge in [0.1, 0.15) is 17.3 Å². The largest absolute Gasteiger partial charge is 0.373 e. The monoisotopic (exact) mass is 271 g/mol. The zero-order chi connectivity index (χ0) is 14.1. The third kappa shape index (κ3) is 2.28. The van der Waals surface area contributed by atoms with E-state index in [2.05, 4.69) is 33.7 Å². The predicted octanol–water partition coefficient (Wildman–Crippen LogP) is 2.98. The lowest BCUT2D eigenvalue weighted by Crippen LogP contribution is -2.08. The summed E-state index contributed by atoms with van der Waals surface area (Å²) in [5.41, 5.74) is 2.03. The van der Waals surface area contributed by atoms with Crippen LogP contribution in [-0.2, 0) is 6.54 Å². The van der Waals surface area contributed by atoms with E-state index in [9.17, 15) is 0 Å². The molecule has 0 aliphatic heterocycles. The van der Waals surface area contributed by atoms with Crippen molar-refractivity contribution in [3.05, 3.63) is 23.8 Å². The number of rotatable bonds is 5. The van der Waals surface area contributed by atoms with Crippen molar-refractivity contribution in [1.29, 1.82) is 0 Å². The molecule has 0 bridgehead atoms. The molecule has 20 heavy (non-hydrogen) atoms. The van der Waals surface area contributed by atoms with Gasteiger partial charge in [-0.2, -0.15) is 0 Å². The summed E-state index contributed by atoms with van der Waals surface area (Å²) in [6.45, 7) is 5.19. The first-order chi connectivity index (χ1) is 9.74. The average molecular weight is 271 g/mol. The van der Waals surface area contributed by atoms with Gasteiger partial charge in [0.25, 0.3) is 0 Å². The molecule has 2 heterocycles. The van der Waals surface area contributed by atoms with Gasteiger partial charge >= 0.3 is 0 Å². The average Bonchev–Trinajstić information content (AvgIpc) is 3.20. The van der Waals surface area contributed by atoms with Crippen LogP contribution in [0.5, 0.6) is 0 Å². The molecule has 0 spiro atoms. The minimum absolute atomic E-state index is 0.538. The van der Waals surface area contributed by atoms with Gasteiger partial charge in [-0.05, 0) is 26.2 Å². The van der Waals surface area contributed by atoms with Crippen LogP contribution in [0.25, 0.3) is 11.5 Å². The maximum absolute atomic E-state index is 4.79. The highest BCUT2D eigenvalue weighted by Gasteiger charge is 2.28. The highest BCUT2D eigenvalue weighted by Crippen LogP contribution is 2.39. The molecule has 1 aliphatic rings. The van der Waals surface area contributed by atoms with E-state index in [0.717, 1.165) is 41.7 Å². The van der Waals surface area contributed by atoms with Crippen molar-refractivity contribution in [3.8, 4) is 11.5 Å². The van der Waals surface area contributed by atoms with E-state index in [-0.39, 0.29) is 0 Å². The van der Waals surface area contributed by atoms with Crippen LogP contribution in [0, 0.1) is 6.92 Å². The van der Waals surface area contributed by atoms with Crippen LogP contribution in [0.15, 0.2) is 12.4 Å². The number of aromatic nitrogens is 4. The number of hydrogen-bond donors (Lipinski definition) is 1. The first-order valence-corrected chi connectivity index (χ1v) is 7.32. The molecule has 0 saturated heterocycles. The smallest absolute Gasteiger partial charge is 0.159 e. The maximum atomic E-state index is 4.79. The molecule has 5 nitrogen and oxygen atoms in total. The van der Waals surface area contributed by atoms with Gasteiger partial charge in [-0.15, -0.1) is 0 Å². The van der Waals surface area contributed by atoms with Gasteiger partial charge in [-0.1, -0.05) is 6.92 Å². The summed E-state index contributed by atoms with van der Waals surface area (Å²) in [6.07, 6.45) is 7.37. The molecule has 0 amide bonds. The summed E-state index contributed by atoms with van der Waals surface area (Å²) in [5.74, 6) is 3.37. The van der Waals surface area contributed by atoms with Gasteiger partial charge in [0.15, 0.2) is 5.82 Å². The fourth-order valence-corrected chi connectivity index (χ4v) is 2.47. The maximum Gasteiger partial charge on any atom is 0.159 e. The quantitative estimate of drug-likeness (QED) is 0.908. The Labute approximate surface area is 119 Å². The topological polar surface area (TPSA) is 55.6 Å². The standard InChI is InChI=1S/C15H21N5/c1-4-8-20-9-7-17-15(20)12-10(2)13(16-3)19-14(18-12)11-5-6-11/h7,9,11H,4-6,8H2,1-3H3,(H,16,18,19). The predicted molar refractivity (Wildman–Crippen MR) is 79.8 cm³/mol. The van der Waals surface area contributed by atoms with E-state index in [1.165, 1.54) is 12.8 Å². The van der Waals surface area contributed by atoms with E-state index in [1.54, 1.807) is 0 Å². The highest BCUT2D eigenvalue weighted by atomic mass is 15.1. The van der Waals surface area contributed by atoms with Gasteiger partial charge in [0, 0.05) is 37.5 Å². The molecule has 5 heteroatoms. The molecular weight excluding hydrogens is 250 g/mol. The second kappa shape index (κ2) is 5.23. The van der Waals surface area contributed by atoms with E-state index < -0.39 is 0 Å². The van der Waals surface area contributed by atoms with Gasteiger partial charge in [-0.3, -0.25) is 0 Å². The highest BCUT2D eigenvalue weighted by molar-refractivity contribution is 5.63. The van der Waals surface area contributed by atoms with Crippen LogP contribution >= 0.6 is 0 Å². The first kappa shape index (κ1) is 13.1. The normalized spacial score (nSPS) is 14.6. The van der Waals surface area contributed by atoms with Crippen LogP contribution in [0.3, 0.4) is 0 Å². The molecule has 106 valence electrons. The molecule has 1 N–H and O–H groups in total. The van der Waals surface area contributed by atoms with E-state index in [1.807, 2.05) is 19.4 Å². The summed E-state index contributed by atoms with van der Waals surface area (Å²) in [6, 6.07) is 0. The van der Waals surface area contributed by atoms with Crippen LogP contribution in [0.4, 0.5) is 5.82 Å². The third-order valence-electron chi connectivity index (χ3n) is 3.73. The molecule has 0 aromatic carbocycles. The summed E-state index contributed by atoms with van der Waals surface area (Å²) in [7, 11) is 1.91. The Balaban J connectivity index is 2.11. The SMILES string of the molecule is CCCn1ccnc1-c1nc(C2CC2)nc(NC)c1C. The van der Waals surface area contributed by atoms with E-state index >= 15 is 0 Å². The van der Waals surface area contributed by atoms with Crippen molar-refractivity contribution >= 4 is 5.82 Å². The van der Waals surface area contributed by atoms with Crippen molar-refractivity contribution in [3.63, 3.8) is 0 Å². The number of anilines is 1. The Kier molecular flexibility index (Phi) is 3.42. The number of hydrogen-bond acceptors (Lipinski definition) is 4. The summed E-state index contributed by atoms with van der Waals surface area (Å²) < 4.78 is 2.17. The van der Waals surface area contributed by atoms with E-state index in [4.69, 9.17) is 4.98 Å². The van der Waals surface area contributed by atoms with Crippen LogP contribution in [0.1, 0.15) is 43.5 Å². The van der Waals surface area contributed by atoms with Crippen LogP contribution < -0.4 is 5.32 Å². The van der Waals surface area contributed by atoms with Gasteiger partial charge in [0.05, 0.1) is 0 Å². The molecule has 2 aromatic rings. The minimum Gasteiger partial charge on any atom is -0.373 e. The number of nitrogens with zero attached hydrogens (tertiary/aromatic N) is 4. The van der Waals surface area contributed by atoms with Crippen LogP contribution in [-0.4, -0.2) is 26.6 Å². The zero-order valence-electron chi connectivity index (χ0n) is 12.3. The summed E-state index contributed by atoms with van der Waals surface area (Å²) in [4.78, 5) is 13.9. The minimum atomic E-state index is 0.538. The van der Waals surface area contributed by atoms with Crippen molar-refractivity contribution < 1.29 is 0 Å². The third-order valence-corrected chi connectivity index (χ3v) is 3.73. The molecule has 2 aromatic heterocycles. The number of aryl methyl sites for hydroxylation is 1.